The number of nitrogens with zero attached hydrogens (tertiary/aromatic N) is 4. The van der Waals surface area contributed by atoms with Gasteiger partial charge in [-0.05, 0) is 37.6 Å². The highest BCUT2D eigenvalue weighted by Gasteiger charge is 2.28. The van der Waals surface area contributed by atoms with Crippen LogP contribution in [0.5, 0.6) is 0 Å². The van der Waals surface area contributed by atoms with Gasteiger partial charge in [-0.2, -0.15) is 0 Å². The number of carbonyl (C=O) groups excluding carboxylic acids is 1. The minimum Gasteiger partial charge on any atom is -0.352 e. The number of pyridine rings is 1. The van der Waals surface area contributed by atoms with Crippen molar-refractivity contribution < 1.29 is 4.79 Å². The monoisotopic (exact) mass is 441 g/mol. The molecule has 2 amide bonds. The molecule has 1 N–H and O–H groups in total. The predicted molar refractivity (Wildman–Crippen MR) is 124 cm³/mol. The highest BCUT2D eigenvalue weighted by Crippen LogP contribution is 2.26. The molecule has 1 fully saturated rings. The molecular formula is C22H24ClN5OS. The SMILES string of the molecule is CCc1nc(-c2ccc(NC(=O)N3CCN(c4ncccc4Cl)CC3C)cc2)cs1. The summed E-state index contributed by atoms with van der Waals surface area (Å²) in [6.45, 7) is 6.13. The third-order valence-electron chi connectivity index (χ3n) is 5.21. The molecule has 156 valence electrons. The van der Waals surface area contributed by atoms with Crippen LogP contribution in [0, 0.1) is 0 Å². The van der Waals surface area contributed by atoms with Gasteiger partial charge in [-0.25, -0.2) is 14.8 Å². The number of thiazole rings is 1. The number of anilines is 2. The highest BCUT2D eigenvalue weighted by atomic mass is 35.5. The van der Waals surface area contributed by atoms with Crippen LogP contribution in [-0.4, -0.2) is 46.6 Å². The number of rotatable bonds is 4. The van der Waals surface area contributed by atoms with Crippen LogP contribution < -0.4 is 10.2 Å². The molecule has 6 nitrogen and oxygen atoms in total. The van der Waals surface area contributed by atoms with Crippen LogP contribution in [0.4, 0.5) is 16.3 Å². The average Bonchev–Trinajstić information content (AvgIpc) is 3.24. The van der Waals surface area contributed by atoms with E-state index in [0.717, 1.165) is 34.2 Å². The van der Waals surface area contributed by atoms with Gasteiger partial charge < -0.3 is 15.1 Å². The Hall–Kier alpha value is -2.64. The van der Waals surface area contributed by atoms with E-state index in [9.17, 15) is 4.79 Å². The van der Waals surface area contributed by atoms with Gasteiger partial charge in [0.2, 0.25) is 0 Å². The molecule has 2 aromatic heterocycles. The van der Waals surface area contributed by atoms with Crippen molar-refractivity contribution in [3.8, 4) is 11.3 Å². The third-order valence-corrected chi connectivity index (χ3v) is 6.50. The van der Waals surface area contributed by atoms with Crippen molar-refractivity contribution in [2.24, 2.45) is 0 Å². The summed E-state index contributed by atoms with van der Waals surface area (Å²) in [5.74, 6) is 0.773. The van der Waals surface area contributed by atoms with E-state index in [1.807, 2.05) is 48.2 Å². The van der Waals surface area contributed by atoms with E-state index in [4.69, 9.17) is 11.6 Å². The average molecular weight is 442 g/mol. The zero-order valence-corrected chi connectivity index (χ0v) is 18.6. The Balaban J connectivity index is 1.37. The van der Waals surface area contributed by atoms with Crippen LogP contribution in [0.1, 0.15) is 18.9 Å². The van der Waals surface area contributed by atoms with E-state index < -0.39 is 0 Å². The first-order valence-electron chi connectivity index (χ1n) is 10.0. The van der Waals surface area contributed by atoms with Crippen molar-refractivity contribution in [2.45, 2.75) is 26.3 Å². The maximum atomic E-state index is 12.8. The summed E-state index contributed by atoms with van der Waals surface area (Å²) >= 11 is 7.95. The Morgan fingerprint density at radius 1 is 1.27 bits per heavy atom. The molecular weight excluding hydrogens is 418 g/mol. The van der Waals surface area contributed by atoms with Gasteiger partial charge in [0, 0.05) is 48.5 Å². The number of aromatic nitrogens is 2. The number of carbonyl (C=O) groups is 1. The van der Waals surface area contributed by atoms with E-state index in [1.54, 1.807) is 17.5 Å². The molecule has 4 rings (SSSR count). The van der Waals surface area contributed by atoms with Gasteiger partial charge in [0.15, 0.2) is 0 Å². The minimum atomic E-state index is -0.0936. The van der Waals surface area contributed by atoms with Crippen molar-refractivity contribution >= 4 is 40.5 Å². The molecule has 30 heavy (non-hydrogen) atoms. The van der Waals surface area contributed by atoms with E-state index in [2.05, 4.69) is 32.5 Å². The number of benzene rings is 1. The van der Waals surface area contributed by atoms with Crippen LogP contribution in [0.25, 0.3) is 11.3 Å². The lowest BCUT2D eigenvalue weighted by Gasteiger charge is -2.40. The Morgan fingerprint density at radius 2 is 2.07 bits per heavy atom. The lowest BCUT2D eigenvalue weighted by molar-refractivity contribution is 0.184. The molecule has 1 atom stereocenters. The Morgan fingerprint density at radius 3 is 2.73 bits per heavy atom. The quantitative estimate of drug-likeness (QED) is 0.607. The normalized spacial score (nSPS) is 16.6. The van der Waals surface area contributed by atoms with Gasteiger partial charge in [0.25, 0.3) is 0 Å². The number of amides is 2. The topological polar surface area (TPSA) is 61.4 Å². The molecule has 0 saturated carbocycles. The molecule has 1 saturated heterocycles. The number of hydrogen-bond donors (Lipinski definition) is 1. The second-order valence-electron chi connectivity index (χ2n) is 7.28. The second-order valence-corrected chi connectivity index (χ2v) is 8.63. The molecule has 0 radical (unpaired) electrons. The molecule has 0 aliphatic carbocycles. The maximum absolute atomic E-state index is 12.8. The van der Waals surface area contributed by atoms with Crippen molar-refractivity contribution in [2.75, 3.05) is 29.9 Å². The Kier molecular flexibility index (Phi) is 6.20. The molecule has 1 aliphatic heterocycles. The van der Waals surface area contributed by atoms with Gasteiger partial charge in [0.05, 0.1) is 15.7 Å². The summed E-state index contributed by atoms with van der Waals surface area (Å²) in [5, 5.41) is 6.84. The fraction of sp³-hybridized carbons (Fsp3) is 0.318. The number of urea groups is 1. The third kappa shape index (κ3) is 4.42. The molecule has 1 aromatic carbocycles. The van der Waals surface area contributed by atoms with E-state index >= 15 is 0 Å². The predicted octanol–water partition coefficient (Wildman–Crippen LogP) is 5.16. The maximum Gasteiger partial charge on any atom is 0.322 e. The summed E-state index contributed by atoms with van der Waals surface area (Å²) in [6, 6.07) is 11.4. The van der Waals surface area contributed by atoms with Crippen LogP contribution in [0.2, 0.25) is 5.02 Å². The van der Waals surface area contributed by atoms with Crippen molar-refractivity contribution in [1.82, 2.24) is 14.9 Å². The first-order valence-corrected chi connectivity index (χ1v) is 11.3. The van der Waals surface area contributed by atoms with Gasteiger partial charge in [-0.15, -0.1) is 11.3 Å². The van der Waals surface area contributed by atoms with E-state index in [0.29, 0.717) is 24.7 Å². The minimum absolute atomic E-state index is 0.0403. The van der Waals surface area contributed by atoms with Crippen LogP contribution in [0.15, 0.2) is 48.0 Å². The smallest absolute Gasteiger partial charge is 0.322 e. The molecule has 0 spiro atoms. The fourth-order valence-corrected chi connectivity index (χ4v) is 4.58. The summed E-state index contributed by atoms with van der Waals surface area (Å²) in [6.07, 6.45) is 2.68. The van der Waals surface area contributed by atoms with E-state index in [-0.39, 0.29) is 12.1 Å². The molecule has 1 unspecified atom stereocenters. The lowest BCUT2D eigenvalue weighted by Crippen LogP contribution is -2.55. The summed E-state index contributed by atoms with van der Waals surface area (Å²) in [5.41, 5.74) is 2.81. The second kappa shape index (κ2) is 9.02. The number of halogens is 1. The zero-order valence-electron chi connectivity index (χ0n) is 17.0. The first-order chi connectivity index (χ1) is 14.5. The van der Waals surface area contributed by atoms with Crippen molar-refractivity contribution in [3.05, 3.63) is 58.0 Å². The summed E-state index contributed by atoms with van der Waals surface area (Å²) < 4.78 is 0. The number of piperazine rings is 1. The van der Waals surface area contributed by atoms with Gasteiger partial charge >= 0.3 is 6.03 Å². The Labute approximate surface area is 185 Å². The molecule has 1 aliphatic rings. The zero-order chi connectivity index (χ0) is 21.1. The van der Waals surface area contributed by atoms with Crippen LogP contribution in [0.3, 0.4) is 0 Å². The first kappa shape index (κ1) is 20.6. The van der Waals surface area contributed by atoms with Gasteiger partial charge in [-0.1, -0.05) is 30.7 Å². The van der Waals surface area contributed by atoms with Crippen molar-refractivity contribution in [3.63, 3.8) is 0 Å². The largest absolute Gasteiger partial charge is 0.352 e. The standard InChI is InChI=1S/C22H24ClN5OS/c1-3-20-26-19(14-30-20)16-6-8-17(9-7-16)25-22(29)28-12-11-27(13-15(28)2)21-18(23)5-4-10-24-21/h4-10,14-15H,3,11-13H2,1-2H3,(H,25,29). The molecule has 8 heteroatoms. The summed E-state index contributed by atoms with van der Waals surface area (Å²) in [4.78, 5) is 25.8. The number of nitrogens with one attached hydrogen (secondary N) is 1. The highest BCUT2D eigenvalue weighted by molar-refractivity contribution is 7.09. The van der Waals surface area contributed by atoms with Crippen LogP contribution in [-0.2, 0) is 6.42 Å². The van der Waals surface area contributed by atoms with Crippen LogP contribution >= 0.6 is 22.9 Å². The summed E-state index contributed by atoms with van der Waals surface area (Å²) in [7, 11) is 0. The fourth-order valence-electron chi connectivity index (χ4n) is 3.59. The van der Waals surface area contributed by atoms with E-state index in [1.165, 1.54) is 0 Å². The van der Waals surface area contributed by atoms with Gasteiger partial charge in [0.1, 0.15) is 5.82 Å². The lowest BCUT2D eigenvalue weighted by atomic mass is 10.1. The Bertz CT molecular complexity index is 1020. The number of aryl methyl sites for hydroxylation is 1. The van der Waals surface area contributed by atoms with Gasteiger partial charge in [-0.3, -0.25) is 0 Å². The molecule has 0 bridgehead atoms. The molecule has 3 heterocycles. The molecule has 3 aromatic rings. The van der Waals surface area contributed by atoms with Crippen molar-refractivity contribution in [1.29, 1.82) is 0 Å². The number of hydrogen-bond acceptors (Lipinski definition) is 5.